The van der Waals surface area contributed by atoms with Crippen molar-refractivity contribution in [3.8, 4) is 17.6 Å². The molecule has 2 aromatic rings. The van der Waals surface area contributed by atoms with Crippen molar-refractivity contribution in [2.24, 2.45) is 5.92 Å². The molecule has 2 aromatic carbocycles. The molecule has 0 saturated carbocycles. The Labute approximate surface area is 120 Å². The number of rotatable bonds is 4. The number of hydrogen-bond acceptors (Lipinski definition) is 2. The molecular weight excluding hydrogens is 248 g/mol. The summed E-state index contributed by atoms with van der Waals surface area (Å²) in [5, 5.41) is 11.1. The van der Waals surface area contributed by atoms with E-state index in [0.717, 1.165) is 28.5 Å². The van der Waals surface area contributed by atoms with Crippen molar-refractivity contribution in [2.75, 3.05) is 13.2 Å². The highest BCUT2D eigenvalue weighted by molar-refractivity contribution is 5.90. The minimum atomic E-state index is -0.145. The lowest BCUT2D eigenvalue weighted by Gasteiger charge is -2.13. The van der Waals surface area contributed by atoms with Crippen LogP contribution in [0.1, 0.15) is 25.8 Å². The predicted octanol–water partition coefficient (Wildman–Crippen LogP) is 3.61. The number of benzene rings is 2. The normalized spacial score (nSPS) is 11.8. The Balaban J connectivity index is 2.42. The van der Waals surface area contributed by atoms with Gasteiger partial charge in [-0.05, 0) is 17.4 Å². The molecule has 0 aliphatic rings. The number of fused-ring (bicyclic) bond motifs is 1. The van der Waals surface area contributed by atoms with Gasteiger partial charge in [0.2, 0.25) is 0 Å². The molecule has 0 radical (unpaired) electrons. The molecule has 1 N–H and O–H groups in total. The largest absolute Gasteiger partial charge is 0.492 e. The molecule has 0 aromatic heterocycles. The van der Waals surface area contributed by atoms with Crippen molar-refractivity contribution in [1.82, 2.24) is 0 Å². The molecule has 20 heavy (non-hydrogen) atoms. The quantitative estimate of drug-likeness (QED) is 0.858. The molecule has 0 aliphatic carbocycles. The van der Waals surface area contributed by atoms with E-state index in [9.17, 15) is 0 Å². The zero-order valence-electron chi connectivity index (χ0n) is 12.0. The minimum Gasteiger partial charge on any atom is -0.492 e. The lowest BCUT2D eigenvalue weighted by atomic mass is 10.0. The van der Waals surface area contributed by atoms with Crippen molar-refractivity contribution >= 4 is 10.8 Å². The number of aliphatic hydroxyl groups excluding tert-OH is 1. The van der Waals surface area contributed by atoms with Crippen LogP contribution in [0.4, 0.5) is 0 Å². The topological polar surface area (TPSA) is 29.5 Å². The van der Waals surface area contributed by atoms with Crippen LogP contribution in [0.3, 0.4) is 0 Å². The second kappa shape index (κ2) is 6.98. The Bertz CT molecular complexity index is 635. The van der Waals surface area contributed by atoms with Crippen LogP contribution in [-0.2, 0) is 0 Å². The second-order valence-electron chi connectivity index (χ2n) is 4.94. The summed E-state index contributed by atoms with van der Waals surface area (Å²) in [6.07, 6.45) is 1.09. The van der Waals surface area contributed by atoms with Gasteiger partial charge in [-0.15, -0.1) is 0 Å². The van der Waals surface area contributed by atoms with Crippen molar-refractivity contribution < 1.29 is 9.84 Å². The molecule has 0 fully saturated rings. The smallest absolute Gasteiger partial charge is 0.135 e. The molecular formula is C18H20O2. The van der Waals surface area contributed by atoms with Gasteiger partial charge < -0.3 is 9.84 Å². The van der Waals surface area contributed by atoms with E-state index in [-0.39, 0.29) is 6.61 Å². The van der Waals surface area contributed by atoms with Gasteiger partial charge in [0.15, 0.2) is 0 Å². The average molecular weight is 268 g/mol. The van der Waals surface area contributed by atoms with Gasteiger partial charge in [0.05, 0.1) is 12.2 Å². The Morgan fingerprint density at radius 2 is 2.00 bits per heavy atom. The number of ether oxygens (including phenoxy) is 1. The third-order valence-electron chi connectivity index (χ3n) is 3.40. The first-order chi connectivity index (χ1) is 9.76. The van der Waals surface area contributed by atoms with Gasteiger partial charge in [0.25, 0.3) is 0 Å². The zero-order valence-corrected chi connectivity index (χ0v) is 12.0. The van der Waals surface area contributed by atoms with Gasteiger partial charge >= 0.3 is 0 Å². The van der Waals surface area contributed by atoms with E-state index in [1.165, 1.54) is 0 Å². The third-order valence-corrected chi connectivity index (χ3v) is 3.40. The summed E-state index contributed by atoms with van der Waals surface area (Å²) >= 11 is 0. The summed E-state index contributed by atoms with van der Waals surface area (Å²) in [6.45, 7) is 4.86. The maximum absolute atomic E-state index is 8.93. The average Bonchev–Trinajstić information content (AvgIpc) is 2.50. The summed E-state index contributed by atoms with van der Waals surface area (Å²) in [6, 6.07) is 12.1. The zero-order chi connectivity index (χ0) is 14.4. The lowest BCUT2D eigenvalue weighted by Crippen LogP contribution is -2.08. The number of hydrogen-bond donors (Lipinski definition) is 1. The predicted molar refractivity (Wildman–Crippen MR) is 82.9 cm³/mol. The molecule has 0 heterocycles. The highest BCUT2D eigenvalue weighted by Gasteiger charge is 2.08. The van der Waals surface area contributed by atoms with Crippen LogP contribution in [0, 0.1) is 17.8 Å². The third kappa shape index (κ3) is 3.31. The fraction of sp³-hybridized carbons (Fsp3) is 0.333. The SMILES string of the molecule is CCC(C)COc1ccc2ccccc2c1C#CCO. The Morgan fingerprint density at radius 3 is 2.75 bits per heavy atom. The minimum absolute atomic E-state index is 0.145. The van der Waals surface area contributed by atoms with Gasteiger partial charge in [0, 0.05) is 5.39 Å². The Morgan fingerprint density at radius 1 is 1.20 bits per heavy atom. The first kappa shape index (κ1) is 14.4. The molecule has 2 nitrogen and oxygen atoms in total. The van der Waals surface area contributed by atoms with Crippen LogP contribution in [-0.4, -0.2) is 18.3 Å². The molecule has 0 bridgehead atoms. The highest BCUT2D eigenvalue weighted by atomic mass is 16.5. The van der Waals surface area contributed by atoms with Crippen LogP contribution in [0.25, 0.3) is 10.8 Å². The molecule has 0 amide bonds. The van der Waals surface area contributed by atoms with Gasteiger partial charge in [-0.3, -0.25) is 0 Å². The van der Waals surface area contributed by atoms with Crippen LogP contribution < -0.4 is 4.74 Å². The van der Waals surface area contributed by atoms with Gasteiger partial charge in [0.1, 0.15) is 12.4 Å². The van der Waals surface area contributed by atoms with E-state index in [4.69, 9.17) is 9.84 Å². The Kier molecular flexibility index (Phi) is 5.03. The van der Waals surface area contributed by atoms with Crippen LogP contribution >= 0.6 is 0 Å². The van der Waals surface area contributed by atoms with E-state index in [1.54, 1.807) is 0 Å². The molecule has 0 spiro atoms. The Hall–Kier alpha value is -1.98. The van der Waals surface area contributed by atoms with Gasteiger partial charge in [-0.1, -0.05) is 62.4 Å². The van der Waals surface area contributed by atoms with E-state index in [1.807, 2.05) is 30.3 Å². The van der Waals surface area contributed by atoms with E-state index in [0.29, 0.717) is 12.5 Å². The monoisotopic (exact) mass is 268 g/mol. The summed E-state index contributed by atoms with van der Waals surface area (Å²) in [7, 11) is 0. The first-order valence-electron chi connectivity index (χ1n) is 7.00. The van der Waals surface area contributed by atoms with Crippen LogP contribution in [0.5, 0.6) is 5.75 Å². The van der Waals surface area contributed by atoms with Crippen molar-refractivity contribution in [3.05, 3.63) is 42.0 Å². The fourth-order valence-electron chi connectivity index (χ4n) is 1.98. The first-order valence-corrected chi connectivity index (χ1v) is 7.00. The summed E-state index contributed by atoms with van der Waals surface area (Å²) in [5.41, 5.74) is 0.862. The maximum atomic E-state index is 8.93. The summed E-state index contributed by atoms with van der Waals surface area (Å²) < 4.78 is 5.91. The van der Waals surface area contributed by atoms with E-state index < -0.39 is 0 Å². The molecule has 0 aliphatic heterocycles. The molecule has 1 atom stereocenters. The van der Waals surface area contributed by atoms with Gasteiger partial charge in [-0.2, -0.15) is 0 Å². The highest BCUT2D eigenvalue weighted by Crippen LogP contribution is 2.27. The molecule has 1 unspecified atom stereocenters. The van der Waals surface area contributed by atoms with E-state index >= 15 is 0 Å². The summed E-state index contributed by atoms with van der Waals surface area (Å²) in [4.78, 5) is 0. The summed E-state index contributed by atoms with van der Waals surface area (Å²) in [5.74, 6) is 7.06. The van der Waals surface area contributed by atoms with Crippen molar-refractivity contribution in [1.29, 1.82) is 0 Å². The van der Waals surface area contributed by atoms with E-state index in [2.05, 4.69) is 31.8 Å². The molecule has 2 heteroatoms. The molecule has 0 saturated heterocycles. The number of aliphatic hydroxyl groups is 1. The second-order valence-corrected chi connectivity index (χ2v) is 4.94. The van der Waals surface area contributed by atoms with Crippen LogP contribution in [0.15, 0.2) is 36.4 Å². The standard InChI is InChI=1S/C18H20O2/c1-3-14(2)13-20-18-11-10-15-7-4-5-8-16(15)17(18)9-6-12-19/h4-5,7-8,10-11,14,19H,3,12-13H2,1-2H3. The lowest BCUT2D eigenvalue weighted by molar-refractivity contribution is 0.256. The molecule has 104 valence electrons. The van der Waals surface area contributed by atoms with Crippen molar-refractivity contribution in [3.63, 3.8) is 0 Å². The molecule has 2 rings (SSSR count). The van der Waals surface area contributed by atoms with Crippen LogP contribution in [0.2, 0.25) is 0 Å². The fourth-order valence-corrected chi connectivity index (χ4v) is 1.98. The maximum Gasteiger partial charge on any atom is 0.135 e. The van der Waals surface area contributed by atoms with Crippen molar-refractivity contribution in [2.45, 2.75) is 20.3 Å². The van der Waals surface area contributed by atoms with Gasteiger partial charge in [-0.25, -0.2) is 0 Å².